The fraction of sp³-hybridized carbons (Fsp3) is 0.182. The highest BCUT2D eigenvalue weighted by Gasteiger charge is 2.16. The molecule has 3 aromatic rings. The number of aliphatic hydroxyl groups excluding tert-OH is 1. The fourth-order valence-corrected chi connectivity index (χ4v) is 2.94. The van der Waals surface area contributed by atoms with Crippen LogP contribution in [0.5, 0.6) is 0 Å². The van der Waals surface area contributed by atoms with Crippen LogP contribution in [0.25, 0.3) is 11.1 Å². The van der Waals surface area contributed by atoms with Crippen LogP contribution in [0.4, 0.5) is 10.1 Å². The van der Waals surface area contributed by atoms with E-state index in [1.165, 1.54) is 12.3 Å². The van der Waals surface area contributed by atoms with Crippen LogP contribution in [-0.4, -0.2) is 29.1 Å². The largest absolute Gasteiger partial charge is 0.395 e. The highest BCUT2D eigenvalue weighted by atomic mass is 19.1. The number of rotatable bonds is 7. The van der Waals surface area contributed by atoms with Crippen molar-refractivity contribution in [1.29, 1.82) is 0 Å². The van der Waals surface area contributed by atoms with E-state index < -0.39 is 11.7 Å². The molecule has 0 saturated heterocycles. The first-order valence-electron chi connectivity index (χ1n) is 9.02. The Morgan fingerprint density at radius 2 is 1.93 bits per heavy atom. The molecule has 0 saturated carbocycles. The molecular formula is C22H22FN3O2. The summed E-state index contributed by atoms with van der Waals surface area (Å²) >= 11 is 0. The highest BCUT2D eigenvalue weighted by Crippen LogP contribution is 2.28. The van der Waals surface area contributed by atoms with Crippen molar-refractivity contribution in [2.75, 3.05) is 18.5 Å². The van der Waals surface area contributed by atoms with Crippen molar-refractivity contribution in [2.45, 2.75) is 13.5 Å². The number of hydrogen-bond donors (Lipinski definition) is 3. The first-order valence-corrected chi connectivity index (χ1v) is 9.02. The molecule has 0 atom stereocenters. The Kier molecular flexibility index (Phi) is 6.47. The summed E-state index contributed by atoms with van der Waals surface area (Å²) in [6.07, 6.45) is 1.45. The van der Waals surface area contributed by atoms with E-state index in [0.29, 0.717) is 24.3 Å². The quantitative estimate of drug-likeness (QED) is 0.549. The van der Waals surface area contributed by atoms with Gasteiger partial charge in [0.15, 0.2) is 11.5 Å². The van der Waals surface area contributed by atoms with E-state index in [9.17, 15) is 9.18 Å². The molecule has 0 aliphatic carbocycles. The summed E-state index contributed by atoms with van der Waals surface area (Å²) in [6, 6.07) is 16.7. The highest BCUT2D eigenvalue weighted by molar-refractivity contribution is 6.04. The van der Waals surface area contributed by atoms with Crippen LogP contribution in [0, 0.1) is 12.7 Å². The van der Waals surface area contributed by atoms with Gasteiger partial charge >= 0.3 is 0 Å². The number of amides is 1. The van der Waals surface area contributed by atoms with Crippen LogP contribution >= 0.6 is 0 Å². The predicted octanol–water partition coefficient (Wildman–Crippen LogP) is 3.53. The first-order chi connectivity index (χ1) is 13.6. The average molecular weight is 379 g/mol. The van der Waals surface area contributed by atoms with Crippen LogP contribution < -0.4 is 10.6 Å². The number of carbonyl (C=O) groups excluding carboxylic acids is 1. The van der Waals surface area contributed by atoms with Crippen LogP contribution in [0.1, 0.15) is 21.6 Å². The summed E-state index contributed by atoms with van der Waals surface area (Å²) in [5.74, 6) is -1.28. The van der Waals surface area contributed by atoms with E-state index in [4.69, 9.17) is 5.11 Å². The third kappa shape index (κ3) is 4.60. The second-order valence-electron chi connectivity index (χ2n) is 6.37. The molecule has 0 aliphatic rings. The Labute approximate surface area is 163 Å². The van der Waals surface area contributed by atoms with Crippen molar-refractivity contribution in [2.24, 2.45) is 0 Å². The van der Waals surface area contributed by atoms with E-state index in [0.717, 1.165) is 16.7 Å². The zero-order chi connectivity index (χ0) is 19.9. The third-order valence-electron chi connectivity index (χ3n) is 4.40. The van der Waals surface area contributed by atoms with E-state index in [2.05, 4.69) is 15.6 Å². The van der Waals surface area contributed by atoms with Gasteiger partial charge in [0, 0.05) is 25.0 Å². The maximum atomic E-state index is 14.4. The molecule has 1 aromatic heterocycles. The standard InChI is InChI=1S/C22H22FN3O2/c1-15-18(17-6-3-2-4-7-17)8-5-9-20(15)26-22(28)21-19(23)12-16(14-25-21)13-24-10-11-27/h2-9,12,14,24,27H,10-11,13H2,1H3,(H,26,28). The Morgan fingerprint density at radius 3 is 2.64 bits per heavy atom. The van der Waals surface area contributed by atoms with Gasteiger partial charge in [-0.05, 0) is 41.3 Å². The lowest BCUT2D eigenvalue weighted by Gasteiger charge is -2.13. The number of anilines is 1. The number of pyridine rings is 1. The molecule has 0 unspecified atom stereocenters. The lowest BCUT2D eigenvalue weighted by Crippen LogP contribution is -2.19. The smallest absolute Gasteiger partial charge is 0.277 e. The molecule has 3 N–H and O–H groups in total. The number of benzene rings is 2. The van der Waals surface area contributed by atoms with Crippen molar-refractivity contribution >= 4 is 11.6 Å². The predicted molar refractivity (Wildman–Crippen MR) is 108 cm³/mol. The Hall–Kier alpha value is -3.09. The van der Waals surface area contributed by atoms with E-state index in [-0.39, 0.29) is 12.3 Å². The second-order valence-corrected chi connectivity index (χ2v) is 6.37. The molecular weight excluding hydrogens is 357 g/mol. The molecule has 0 spiro atoms. The molecule has 1 amide bonds. The molecule has 28 heavy (non-hydrogen) atoms. The van der Waals surface area contributed by atoms with E-state index in [1.54, 1.807) is 6.07 Å². The molecule has 0 fully saturated rings. The summed E-state index contributed by atoms with van der Waals surface area (Å²) < 4.78 is 14.4. The maximum Gasteiger partial charge on any atom is 0.277 e. The molecule has 6 heteroatoms. The van der Waals surface area contributed by atoms with Crippen molar-refractivity contribution < 1.29 is 14.3 Å². The van der Waals surface area contributed by atoms with E-state index in [1.807, 2.05) is 49.4 Å². The summed E-state index contributed by atoms with van der Waals surface area (Å²) in [7, 11) is 0. The summed E-state index contributed by atoms with van der Waals surface area (Å²) in [5, 5.41) is 14.5. The molecule has 0 bridgehead atoms. The zero-order valence-corrected chi connectivity index (χ0v) is 15.6. The Balaban J connectivity index is 1.78. The van der Waals surface area contributed by atoms with Crippen LogP contribution in [0.3, 0.4) is 0 Å². The third-order valence-corrected chi connectivity index (χ3v) is 4.40. The van der Waals surface area contributed by atoms with Gasteiger partial charge in [-0.3, -0.25) is 4.79 Å². The molecule has 2 aromatic carbocycles. The van der Waals surface area contributed by atoms with Crippen LogP contribution in [0.2, 0.25) is 0 Å². The van der Waals surface area contributed by atoms with Gasteiger partial charge in [0.05, 0.1) is 6.61 Å². The zero-order valence-electron chi connectivity index (χ0n) is 15.6. The van der Waals surface area contributed by atoms with Crippen molar-refractivity contribution in [3.8, 4) is 11.1 Å². The van der Waals surface area contributed by atoms with Gasteiger partial charge in [0.25, 0.3) is 5.91 Å². The van der Waals surface area contributed by atoms with Gasteiger partial charge < -0.3 is 15.7 Å². The fourth-order valence-electron chi connectivity index (χ4n) is 2.94. The van der Waals surface area contributed by atoms with Gasteiger partial charge in [-0.25, -0.2) is 9.37 Å². The molecule has 144 valence electrons. The molecule has 0 radical (unpaired) electrons. The number of carbonyl (C=O) groups is 1. The van der Waals surface area contributed by atoms with Gasteiger partial charge in [-0.1, -0.05) is 42.5 Å². The first kappa shape index (κ1) is 19.7. The van der Waals surface area contributed by atoms with Crippen molar-refractivity contribution in [1.82, 2.24) is 10.3 Å². The Bertz CT molecular complexity index is 961. The monoisotopic (exact) mass is 379 g/mol. The SMILES string of the molecule is Cc1c(NC(=O)c2ncc(CNCCO)cc2F)cccc1-c1ccccc1. The normalized spacial score (nSPS) is 10.7. The van der Waals surface area contributed by atoms with Gasteiger partial charge in [0.2, 0.25) is 0 Å². The lowest BCUT2D eigenvalue weighted by molar-refractivity contribution is 0.101. The molecule has 0 aliphatic heterocycles. The maximum absolute atomic E-state index is 14.4. The van der Waals surface area contributed by atoms with Gasteiger partial charge in [0.1, 0.15) is 0 Å². The molecule has 1 heterocycles. The van der Waals surface area contributed by atoms with Crippen LogP contribution in [0.15, 0.2) is 60.8 Å². The van der Waals surface area contributed by atoms with Gasteiger partial charge in [-0.2, -0.15) is 0 Å². The topological polar surface area (TPSA) is 74.2 Å². The summed E-state index contributed by atoms with van der Waals surface area (Å²) in [5.41, 5.74) is 3.89. The molecule has 5 nitrogen and oxygen atoms in total. The van der Waals surface area contributed by atoms with E-state index >= 15 is 0 Å². The lowest BCUT2D eigenvalue weighted by atomic mass is 9.99. The second kappa shape index (κ2) is 9.21. The minimum atomic E-state index is -0.683. The molecule has 3 rings (SSSR count). The minimum Gasteiger partial charge on any atom is -0.395 e. The minimum absolute atomic E-state index is 0.00219. The van der Waals surface area contributed by atoms with Crippen molar-refractivity contribution in [3.05, 3.63) is 83.4 Å². The van der Waals surface area contributed by atoms with Crippen LogP contribution in [-0.2, 0) is 6.54 Å². The van der Waals surface area contributed by atoms with Crippen molar-refractivity contribution in [3.63, 3.8) is 0 Å². The number of aromatic nitrogens is 1. The number of nitrogens with zero attached hydrogens (tertiary/aromatic N) is 1. The summed E-state index contributed by atoms with van der Waals surface area (Å²) in [4.78, 5) is 16.5. The number of nitrogens with one attached hydrogen (secondary N) is 2. The summed E-state index contributed by atoms with van der Waals surface area (Å²) in [6.45, 7) is 2.68. The average Bonchev–Trinajstić information content (AvgIpc) is 2.70. The number of hydrogen-bond acceptors (Lipinski definition) is 4. The van der Waals surface area contributed by atoms with Gasteiger partial charge in [-0.15, -0.1) is 0 Å². The Morgan fingerprint density at radius 1 is 1.14 bits per heavy atom. The number of aliphatic hydroxyl groups is 1. The number of halogens is 1.